The van der Waals surface area contributed by atoms with Gasteiger partial charge in [0.15, 0.2) is 10.9 Å². The van der Waals surface area contributed by atoms with E-state index in [-0.39, 0.29) is 41.3 Å². The van der Waals surface area contributed by atoms with Gasteiger partial charge in [0.25, 0.3) is 0 Å². The highest BCUT2D eigenvalue weighted by Crippen LogP contribution is 2.61. The highest BCUT2D eigenvalue weighted by molar-refractivity contribution is 8.13. The number of benzene rings is 3. The van der Waals surface area contributed by atoms with Gasteiger partial charge in [-0.25, -0.2) is 4.79 Å². The van der Waals surface area contributed by atoms with E-state index in [9.17, 15) is 19.2 Å². The first-order valence-electron chi connectivity index (χ1n) is 16.8. The number of aromatic nitrogens is 1. The highest BCUT2D eigenvalue weighted by atomic mass is 32.2. The fraction of sp³-hybridized carbons (Fsp3) is 0.410. The van der Waals surface area contributed by atoms with Gasteiger partial charge in [-0.3, -0.25) is 14.4 Å². The summed E-state index contributed by atoms with van der Waals surface area (Å²) in [7, 11) is 0. The zero-order valence-corrected chi connectivity index (χ0v) is 27.8. The molecule has 8 heteroatoms. The zero-order chi connectivity index (χ0) is 32.7. The first kappa shape index (κ1) is 31.6. The molecule has 7 nitrogen and oxygen atoms in total. The maximum absolute atomic E-state index is 14.3. The van der Waals surface area contributed by atoms with Crippen molar-refractivity contribution in [2.45, 2.75) is 71.3 Å². The number of oxime groups is 1. The average molecular weight is 649 g/mol. The number of hydrogen-bond acceptors (Lipinski definition) is 7. The summed E-state index contributed by atoms with van der Waals surface area (Å²) in [6, 6.07) is 20.8. The molecule has 1 aromatic heterocycles. The number of carbonyl (C=O) groups is 4. The molecule has 1 heterocycles. The van der Waals surface area contributed by atoms with Crippen molar-refractivity contribution in [1.82, 2.24) is 4.57 Å². The van der Waals surface area contributed by atoms with E-state index in [0.717, 1.165) is 70.5 Å². The predicted molar refractivity (Wildman–Crippen MR) is 186 cm³/mol. The molecule has 3 aromatic carbocycles. The molecule has 0 saturated heterocycles. The molecular weight excluding hydrogens is 609 g/mol. The number of carbonyl (C=O) groups excluding carboxylic acids is 4. The van der Waals surface area contributed by atoms with Crippen LogP contribution in [-0.4, -0.2) is 39.2 Å². The van der Waals surface area contributed by atoms with E-state index >= 15 is 0 Å². The molecule has 0 amide bonds. The topological polar surface area (TPSA) is 94.8 Å². The predicted octanol–water partition coefficient (Wildman–Crippen LogP) is 8.21. The van der Waals surface area contributed by atoms with Crippen LogP contribution < -0.4 is 0 Å². The van der Waals surface area contributed by atoms with Gasteiger partial charge < -0.3 is 9.40 Å². The van der Waals surface area contributed by atoms with Crippen molar-refractivity contribution >= 4 is 61.9 Å². The van der Waals surface area contributed by atoms with Gasteiger partial charge in [-0.1, -0.05) is 47.2 Å². The van der Waals surface area contributed by atoms with Crippen molar-refractivity contribution in [3.8, 4) is 0 Å². The zero-order valence-electron chi connectivity index (χ0n) is 27.0. The lowest BCUT2D eigenvalue weighted by molar-refractivity contribution is -0.142. The monoisotopic (exact) mass is 648 g/mol. The number of Topliss-reactive ketones (excluding diaryl/α,β-unsaturated/α-hetero) is 2. The average Bonchev–Trinajstić information content (AvgIpc) is 3.39. The van der Waals surface area contributed by atoms with Gasteiger partial charge in [-0.2, -0.15) is 0 Å². The fourth-order valence-electron chi connectivity index (χ4n) is 9.01. The van der Waals surface area contributed by atoms with Crippen molar-refractivity contribution in [2.75, 3.05) is 6.26 Å². The Kier molecular flexibility index (Phi) is 8.64. The van der Waals surface area contributed by atoms with Gasteiger partial charge in [-0.05, 0) is 111 Å². The highest BCUT2D eigenvalue weighted by Gasteiger charge is 2.54. The minimum absolute atomic E-state index is 0.0162. The molecule has 0 atom stereocenters. The minimum atomic E-state index is -0.588. The van der Waals surface area contributed by atoms with Gasteiger partial charge >= 0.3 is 5.97 Å². The van der Waals surface area contributed by atoms with Crippen molar-refractivity contribution in [1.29, 1.82) is 0 Å². The second-order valence-corrected chi connectivity index (χ2v) is 14.7. The van der Waals surface area contributed by atoms with Crippen LogP contribution in [0.3, 0.4) is 0 Å². The third-order valence-corrected chi connectivity index (χ3v) is 11.4. The molecule has 0 N–H and O–H groups in total. The number of thioether (sulfide) groups is 1. The molecule has 4 bridgehead atoms. The lowest BCUT2D eigenvalue weighted by atomic mass is 9.48. The van der Waals surface area contributed by atoms with Gasteiger partial charge in [0.1, 0.15) is 5.71 Å². The summed E-state index contributed by atoms with van der Waals surface area (Å²) >= 11 is 1.09. The number of rotatable bonds is 11. The molecule has 47 heavy (non-hydrogen) atoms. The number of aryl methyl sites for hydroxylation is 1. The normalized spacial score (nSPS) is 23.4. The van der Waals surface area contributed by atoms with Crippen LogP contribution >= 0.6 is 11.8 Å². The summed E-state index contributed by atoms with van der Waals surface area (Å²) in [6.45, 7) is 2.82. The molecule has 4 aliphatic carbocycles. The second kappa shape index (κ2) is 12.9. The lowest BCUT2D eigenvalue weighted by Gasteiger charge is -2.56. The van der Waals surface area contributed by atoms with Crippen LogP contribution in [-0.2, 0) is 27.4 Å². The third kappa shape index (κ3) is 6.08. The summed E-state index contributed by atoms with van der Waals surface area (Å²) < 4.78 is 2.20. The van der Waals surface area contributed by atoms with Gasteiger partial charge in [0.2, 0.25) is 5.78 Å². The fourth-order valence-corrected chi connectivity index (χ4v) is 9.32. The van der Waals surface area contributed by atoms with E-state index in [2.05, 4.69) is 22.7 Å². The van der Waals surface area contributed by atoms with Crippen molar-refractivity contribution in [2.24, 2.45) is 28.3 Å². The summed E-state index contributed by atoms with van der Waals surface area (Å²) in [4.78, 5) is 58.1. The first-order chi connectivity index (χ1) is 22.8. The Bertz CT molecular complexity index is 1890. The Hall–Kier alpha value is -4.04. The molecule has 4 aliphatic rings. The molecule has 0 unspecified atom stereocenters. The molecule has 0 spiro atoms. The second-order valence-electron chi connectivity index (χ2n) is 13.8. The molecule has 8 rings (SSSR count). The van der Waals surface area contributed by atoms with Crippen LogP contribution in [0.5, 0.6) is 0 Å². The third-order valence-electron chi connectivity index (χ3n) is 10.7. The molecule has 242 valence electrons. The smallest absolute Gasteiger partial charge is 0.339 e. The molecule has 4 saturated carbocycles. The molecule has 0 radical (unpaired) electrons. The van der Waals surface area contributed by atoms with Gasteiger partial charge in [-0.15, -0.1) is 0 Å². The van der Waals surface area contributed by atoms with Crippen LogP contribution in [0.1, 0.15) is 84.6 Å². The summed E-state index contributed by atoms with van der Waals surface area (Å²) in [5.74, 6) is 1.35. The van der Waals surface area contributed by atoms with Crippen LogP contribution in [0.25, 0.3) is 21.8 Å². The van der Waals surface area contributed by atoms with Crippen LogP contribution in [0, 0.1) is 23.2 Å². The van der Waals surface area contributed by atoms with Crippen molar-refractivity contribution < 1.29 is 24.0 Å². The molecule has 0 aliphatic heterocycles. The van der Waals surface area contributed by atoms with E-state index in [1.165, 1.54) is 19.3 Å². The van der Waals surface area contributed by atoms with Crippen LogP contribution in [0.4, 0.5) is 0 Å². The van der Waals surface area contributed by atoms with Crippen LogP contribution in [0.15, 0.2) is 71.9 Å². The van der Waals surface area contributed by atoms with Crippen molar-refractivity contribution in [3.63, 3.8) is 0 Å². The Morgan fingerprint density at radius 3 is 2.02 bits per heavy atom. The largest absolute Gasteiger partial charge is 0.341 e. The Labute approximate surface area is 279 Å². The lowest BCUT2D eigenvalue weighted by Crippen LogP contribution is -2.50. The summed E-state index contributed by atoms with van der Waals surface area (Å²) in [6.07, 6.45) is 8.76. The Morgan fingerprint density at radius 1 is 0.830 bits per heavy atom. The minimum Gasteiger partial charge on any atom is -0.341 e. The number of nitrogens with zero attached hydrogens (tertiary/aromatic N) is 2. The van der Waals surface area contributed by atoms with Gasteiger partial charge in [0, 0.05) is 57.7 Å². The van der Waals surface area contributed by atoms with E-state index < -0.39 is 11.8 Å². The number of ketones is 2. The standard InChI is InChI=1S/C39H40N2O5S/c1-3-41-33-12-9-28(37(44)32(11-14-36(43)47-2)40-46-35(42)18-24-7-5-4-6-8-24)19-30(33)31-20-29(10-13-34(31)41)38(45)39-21-25-15-26(22-39)17-27(16-25)23-39/h4-10,12-13,19-20,25-27H,3,11,14-18,21-23H2,1-2H3/b40-32-. The quantitative estimate of drug-likeness (QED) is 0.0704. The first-order valence-corrected chi connectivity index (χ1v) is 18.0. The van der Waals surface area contributed by atoms with E-state index in [4.69, 9.17) is 4.84 Å². The Balaban J connectivity index is 1.21. The van der Waals surface area contributed by atoms with E-state index in [0.29, 0.717) is 23.3 Å². The maximum Gasteiger partial charge on any atom is 0.339 e. The summed E-state index contributed by atoms with van der Waals surface area (Å²) in [5.41, 5.74) is 3.70. The molecular formula is C39H40N2O5S. The van der Waals surface area contributed by atoms with Gasteiger partial charge in [0.05, 0.1) is 6.42 Å². The molecule has 4 aromatic rings. The number of hydrogen-bond donors (Lipinski definition) is 0. The van der Waals surface area contributed by atoms with E-state index in [1.54, 1.807) is 12.3 Å². The Morgan fingerprint density at radius 2 is 1.43 bits per heavy atom. The number of fused-ring (bicyclic) bond motifs is 3. The SMILES string of the molecule is CCn1c2ccc(C(=O)/C(CCC(=O)SC)=N\OC(=O)Cc3ccccc3)cc2c2cc(C(=O)C34CC5CC(CC(C5)C3)C4)ccc21. The molecule has 4 fully saturated rings. The van der Waals surface area contributed by atoms with Crippen molar-refractivity contribution in [3.05, 3.63) is 83.4 Å². The van der Waals surface area contributed by atoms with E-state index in [1.807, 2.05) is 54.6 Å². The summed E-state index contributed by atoms with van der Waals surface area (Å²) in [5, 5.41) is 5.74. The van der Waals surface area contributed by atoms with Crippen LogP contribution in [0.2, 0.25) is 0 Å². The maximum atomic E-state index is 14.3.